The number of aryl methyl sites for hydroxylation is 2. The molecule has 1 rings (SSSR count). The van der Waals surface area contributed by atoms with E-state index in [1.165, 1.54) is 0 Å². The molecule has 0 aliphatic carbocycles. The Labute approximate surface area is 103 Å². The first-order valence-electron chi connectivity index (χ1n) is 5.69. The fourth-order valence-corrected chi connectivity index (χ4v) is 2.70. The molecule has 0 bridgehead atoms. The zero-order valence-corrected chi connectivity index (χ0v) is 11.0. The Hall–Kier alpha value is -1.07. The average molecular weight is 257 g/mol. The van der Waals surface area contributed by atoms with Crippen LogP contribution in [-0.4, -0.2) is 25.9 Å². The van der Waals surface area contributed by atoms with Gasteiger partial charge in [0.2, 0.25) is 10.0 Å². The van der Waals surface area contributed by atoms with Gasteiger partial charge in [0.25, 0.3) is 0 Å². The third-order valence-electron chi connectivity index (χ3n) is 2.57. The average Bonchev–Trinajstić information content (AvgIpc) is 2.29. The number of sulfonamides is 1. The van der Waals surface area contributed by atoms with Crippen molar-refractivity contribution in [3.05, 3.63) is 29.3 Å². The lowest BCUT2D eigenvalue weighted by Gasteiger charge is -2.10. The summed E-state index contributed by atoms with van der Waals surface area (Å²) in [7, 11) is -3.34. The summed E-state index contributed by atoms with van der Waals surface area (Å²) in [5, 5.41) is 8.62. The van der Waals surface area contributed by atoms with Crippen molar-refractivity contribution in [2.75, 3.05) is 17.1 Å². The molecular weight excluding hydrogens is 238 g/mol. The van der Waals surface area contributed by atoms with Gasteiger partial charge in [-0.2, -0.15) is 0 Å². The Bertz CT molecular complexity index is 469. The highest BCUT2D eigenvalue weighted by Crippen LogP contribution is 2.17. The molecule has 0 aliphatic heterocycles. The fourth-order valence-electron chi connectivity index (χ4n) is 1.60. The van der Waals surface area contributed by atoms with Gasteiger partial charge in [0.05, 0.1) is 5.75 Å². The van der Waals surface area contributed by atoms with Crippen LogP contribution in [0.1, 0.15) is 24.5 Å². The lowest BCUT2D eigenvalue weighted by Crippen LogP contribution is -2.17. The molecular formula is C12H19NO3S. The van der Waals surface area contributed by atoms with Crippen LogP contribution >= 0.6 is 0 Å². The third-order valence-corrected chi connectivity index (χ3v) is 3.95. The Kier molecular flexibility index (Phi) is 4.96. The lowest BCUT2D eigenvalue weighted by atomic mass is 10.1. The molecule has 0 aliphatic rings. The van der Waals surface area contributed by atoms with Crippen LogP contribution in [0.2, 0.25) is 0 Å². The molecule has 0 saturated carbocycles. The molecule has 0 radical (unpaired) electrons. The molecule has 0 amide bonds. The molecule has 0 heterocycles. The van der Waals surface area contributed by atoms with E-state index in [0.29, 0.717) is 5.69 Å². The lowest BCUT2D eigenvalue weighted by molar-refractivity contribution is 0.295. The van der Waals surface area contributed by atoms with Gasteiger partial charge in [-0.1, -0.05) is 13.0 Å². The number of anilines is 1. The molecule has 5 heteroatoms. The van der Waals surface area contributed by atoms with E-state index in [1.54, 1.807) is 6.07 Å². The summed E-state index contributed by atoms with van der Waals surface area (Å²) in [6.07, 6.45) is 1.12. The van der Waals surface area contributed by atoms with Gasteiger partial charge in [-0.15, -0.1) is 0 Å². The van der Waals surface area contributed by atoms with Crippen molar-refractivity contribution < 1.29 is 13.5 Å². The number of hydrogen-bond acceptors (Lipinski definition) is 3. The van der Waals surface area contributed by atoms with Gasteiger partial charge in [-0.25, -0.2) is 8.42 Å². The molecule has 0 saturated heterocycles. The SMILES string of the molecule is CCc1cc(NS(=O)(=O)CCCO)ccc1C. The van der Waals surface area contributed by atoms with Gasteiger partial charge in [0.15, 0.2) is 0 Å². The molecule has 17 heavy (non-hydrogen) atoms. The number of aliphatic hydroxyl groups excluding tert-OH is 1. The maximum atomic E-state index is 11.6. The summed E-state index contributed by atoms with van der Waals surface area (Å²) in [6, 6.07) is 5.51. The zero-order chi connectivity index (χ0) is 12.9. The van der Waals surface area contributed by atoms with E-state index in [9.17, 15) is 8.42 Å². The minimum Gasteiger partial charge on any atom is -0.396 e. The maximum Gasteiger partial charge on any atom is 0.232 e. The summed E-state index contributed by atoms with van der Waals surface area (Å²) >= 11 is 0. The second-order valence-corrected chi connectivity index (χ2v) is 5.83. The Morgan fingerprint density at radius 1 is 1.35 bits per heavy atom. The van der Waals surface area contributed by atoms with Gasteiger partial charge in [-0.05, 0) is 43.0 Å². The summed E-state index contributed by atoms with van der Waals surface area (Å²) in [5.41, 5.74) is 2.88. The minimum absolute atomic E-state index is 0.0567. The maximum absolute atomic E-state index is 11.6. The van der Waals surface area contributed by atoms with Crippen molar-refractivity contribution in [2.24, 2.45) is 0 Å². The van der Waals surface area contributed by atoms with Crippen LogP contribution in [0.15, 0.2) is 18.2 Å². The van der Waals surface area contributed by atoms with E-state index in [0.717, 1.165) is 17.5 Å². The van der Waals surface area contributed by atoms with Crippen molar-refractivity contribution in [3.63, 3.8) is 0 Å². The van der Waals surface area contributed by atoms with Crippen LogP contribution in [0.25, 0.3) is 0 Å². The second-order valence-electron chi connectivity index (χ2n) is 3.99. The normalized spacial score (nSPS) is 11.5. The Balaban J connectivity index is 2.81. The highest BCUT2D eigenvalue weighted by atomic mass is 32.2. The van der Waals surface area contributed by atoms with E-state index in [-0.39, 0.29) is 18.8 Å². The molecule has 0 aromatic heterocycles. The van der Waals surface area contributed by atoms with E-state index in [4.69, 9.17) is 5.11 Å². The number of hydrogen-bond donors (Lipinski definition) is 2. The standard InChI is InChI=1S/C12H19NO3S/c1-3-11-9-12(6-5-10(11)2)13-17(15,16)8-4-7-14/h5-6,9,13-14H,3-4,7-8H2,1-2H3. The summed E-state index contributed by atoms with van der Waals surface area (Å²) in [5.74, 6) is -0.0567. The Morgan fingerprint density at radius 3 is 2.65 bits per heavy atom. The molecule has 0 spiro atoms. The van der Waals surface area contributed by atoms with Gasteiger partial charge < -0.3 is 5.11 Å². The van der Waals surface area contributed by atoms with Crippen molar-refractivity contribution in [1.29, 1.82) is 0 Å². The van der Waals surface area contributed by atoms with Gasteiger partial charge in [0.1, 0.15) is 0 Å². The van der Waals surface area contributed by atoms with Crippen LogP contribution in [-0.2, 0) is 16.4 Å². The highest BCUT2D eigenvalue weighted by Gasteiger charge is 2.10. The van der Waals surface area contributed by atoms with Crippen LogP contribution < -0.4 is 4.72 Å². The molecule has 96 valence electrons. The first kappa shape index (κ1) is 14.0. The second kappa shape index (κ2) is 6.02. The quantitative estimate of drug-likeness (QED) is 0.815. The smallest absolute Gasteiger partial charge is 0.232 e. The molecule has 0 fully saturated rings. The number of rotatable bonds is 6. The van der Waals surface area contributed by atoms with E-state index >= 15 is 0 Å². The predicted molar refractivity (Wildman–Crippen MR) is 69.7 cm³/mol. The van der Waals surface area contributed by atoms with E-state index in [1.807, 2.05) is 26.0 Å². The first-order chi connectivity index (χ1) is 7.98. The zero-order valence-electron chi connectivity index (χ0n) is 10.2. The van der Waals surface area contributed by atoms with Crippen LogP contribution in [0.5, 0.6) is 0 Å². The predicted octanol–water partition coefficient (Wildman–Crippen LogP) is 1.68. The van der Waals surface area contributed by atoms with E-state index in [2.05, 4.69) is 4.72 Å². The van der Waals surface area contributed by atoms with Gasteiger partial charge >= 0.3 is 0 Å². The topological polar surface area (TPSA) is 66.4 Å². The number of benzene rings is 1. The van der Waals surface area contributed by atoms with Crippen LogP contribution in [0.3, 0.4) is 0 Å². The molecule has 4 nitrogen and oxygen atoms in total. The molecule has 0 unspecified atom stereocenters. The summed E-state index contributed by atoms with van der Waals surface area (Å²) < 4.78 is 25.8. The van der Waals surface area contributed by atoms with Crippen molar-refractivity contribution in [1.82, 2.24) is 0 Å². The largest absolute Gasteiger partial charge is 0.396 e. The number of nitrogens with one attached hydrogen (secondary N) is 1. The van der Waals surface area contributed by atoms with Crippen LogP contribution in [0, 0.1) is 6.92 Å². The van der Waals surface area contributed by atoms with Crippen molar-refractivity contribution >= 4 is 15.7 Å². The summed E-state index contributed by atoms with van der Waals surface area (Å²) in [4.78, 5) is 0. The Morgan fingerprint density at radius 2 is 2.06 bits per heavy atom. The van der Waals surface area contributed by atoms with Crippen molar-refractivity contribution in [2.45, 2.75) is 26.7 Å². The van der Waals surface area contributed by atoms with Crippen LogP contribution in [0.4, 0.5) is 5.69 Å². The van der Waals surface area contributed by atoms with Gasteiger partial charge in [-0.3, -0.25) is 4.72 Å². The first-order valence-corrected chi connectivity index (χ1v) is 7.34. The molecule has 1 aromatic rings. The van der Waals surface area contributed by atoms with Crippen molar-refractivity contribution in [3.8, 4) is 0 Å². The minimum atomic E-state index is -3.34. The van der Waals surface area contributed by atoms with E-state index < -0.39 is 10.0 Å². The molecule has 0 atom stereocenters. The third kappa shape index (κ3) is 4.36. The summed E-state index contributed by atoms with van der Waals surface area (Å²) in [6.45, 7) is 3.92. The number of aliphatic hydroxyl groups is 1. The highest BCUT2D eigenvalue weighted by molar-refractivity contribution is 7.92. The molecule has 1 aromatic carbocycles. The monoisotopic (exact) mass is 257 g/mol. The van der Waals surface area contributed by atoms with Gasteiger partial charge in [0, 0.05) is 12.3 Å². The molecule has 2 N–H and O–H groups in total. The fraction of sp³-hybridized carbons (Fsp3) is 0.500.